The highest BCUT2D eigenvalue weighted by Gasteiger charge is 2.31. The molecule has 5 heterocycles. The van der Waals surface area contributed by atoms with Crippen LogP contribution in [0.3, 0.4) is 0 Å². The van der Waals surface area contributed by atoms with Crippen LogP contribution >= 0.6 is 0 Å². The Labute approximate surface area is 311 Å². The fourth-order valence-electron chi connectivity index (χ4n) is 6.62. The summed E-state index contributed by atoms with van der Waals surface area (Å²) in [6.07, 6.45) is 15.7. The summed E-state index contributed by atoms with van der Waals surface area (Å²) in [6.45, 7) is 11.5. The number of aromatic nitrogens is 9. The first-order chi connectivity index (χ1) is 25.9. The van der Waals surface area contributed by atoms with Crippen molar-refractivity contribution in [3.8, 4) is 34.5 Å². The lowest BCUT2D eigenvalue weighted by Gasteiger charge is -2.18. The van der Waals surface area contributed by atoms with Gasteiger partial charge in [-0.3, -0.25) is 4.98 Å². The highest BCUT2D eigenvalue weighted by atomic mass is 16.5. The maximum absolute atomic E-state index is 6.26. The van der Waals surface area contributed by atoms with E-state index in [2.05, 4.69) is 74.5 Å². The number of anilines is 2. The molecule has 13 nitrogen and oxygen atoms in total. The number of benzene rings is 1. The Hall–Kier alpha value is -5.33. The molecule has 0 bridgehead atoms. The van der Waals surface area contributed by atoms with E-state index in [9.17, 15) is 0 Å². The Morgan fingerprint density at radius 1 is 0.792 bits per heavy atom. The van der Waals surface area contributed by atoms with Gasteiger partial charge >= 0.3 is 0 Å². The number of pyridine rings is 1. The molecule has 1 aromatic carbocycles. The maximum atomic E-state index is 6.26. The summed E-state index contributed by atoms with van der Waals surface area (Å²) in [5.74, 6) is 7.59. The lowest BCUT2D eigenvalue weighted by Crippen LogP contribution is -2.13. The van der Waals surface area contributed by atoms with E-state index in [1.165, 1.54) is 31.2 Å². The normalized spacial score (nSPS) is 14.5. The zero-order valence-corrected chi connectivity index (χ0v) is 31.5. The number of hydrogen-bond acceptors (Lipinski definition) is 11. The largest absolute Gasteiger partial charge is 0.493 e. The number of methoxy groups -OCH3 is 1. The van der Waals surface area contributed by atoms with Crippen molar-refractivity contribution >= 4 is 11.6 Å². The SMILES string of the molecule is CCCn1cnc(NCc2ccncc2)c2nc(C3CC3)nc1-2.CCNc1ncn(Cc2ccc(OC)c(OC3CCCC3)c2)c2nc(C(C)C)nc1-2. The first-order valence-corrected chi connectivity index (χ1v) is 19.1. The van der Waals surface area contributed by atoms with Crippen molar-refractivity contribution in [1.82, 2.24) is 44.0 Å². The van der Waals surface area contributed by atoms with Gasteiger partial charge in [-0.2, -0.15) is 0 Å². The number of nitrogens with zero attached hydrogens (tertiary/aromatic N) is 9. The van der Waals surface area contributed by atoms with E-state index >= 15 is 0 Å². The van der Waals surface area contributed by atoms with Crippen molar-refractivity contribution in [3.63, 3.8) is 0 Å². The van der Waals surface area contributed by atoms with Crippen molar-refractivity contribution < 1.29 is 9.47 Å². The molecule has 2 aromatic rings. The number of imidazole rings is 2. The molecule has 0 saturated heterocycles. The molecule has 0 amide bonds. The lowest BCUT2D eigenvalue weighted by atomic mass is 10.2. The highest BCUT2D eigenvalue weighted by molar-refractivity contribution is 5.68. The van der Waals surface area contributed by atoms with Crippen LogP contribution in [0, 0.1) is 0 Å². The zero-order chi connectivity index (χ0) is 36.7. The van der Waals surface area contributed by atoms with E-state index in [0.717, 1.165) is 95.7 Å². The fourth-order valence-corrected chi connectivity index (χ4v) is 6.62. The van der Waals surface area contributed by atoms with Crippen molar-refractivity contribution in [2.24, 2.45) is 0 Å². The van der Waals surface area contributed by atoms with Crippen molar-refractivity contribution in [3.05, 3.63) is 78.2 Å². The van der Waals surface area contributed by atoms with Crippen LogP contribution < -0.4 is 20.1 Å². The van der Waals surface area contributed by atoms with Crippen LogP contribution in [0.1, 0.15) is 107 Å². The van der Waals surface area contributed by atoms with Gasteiger partial charge in [-0.15, -0.1) is 0 Å². The minimum Gasteiger partial charge on any atom is -0.493 e. The summed E-state index contributed by atoms with van der Waals surface area (Å²) in [5, 5.41) is 6.69. The van der Waals surface area contributed by atoms with Crippen LogP contribution in [0.5, 0.6) is 11.5 Å². The van der Waals surface area contributed by atoms with Crippen molar-refractivity contribution in [1.29, 1.82) is 0 Å². The molecule has 2 saturated carbocycles. The minimum atomic E-state index is 0.257. The molecule has 0 spiro atoms. The Kier molecular flexibility index (Phi) is 11.3. The Bertz CT molecular complexity index is 2010. The van der Waals surface area contributed by atoms with Gasteiger partial charge in [-0.05, 0) is 87.3 Å². The Balaban J connectivity index is 0.000000170. The van der Waals surface area contributed by atoms with E-state index in [1.54, 1.807) is 19.5 Å². The summed E-state index contributed by atoms with van der Waals surface area (Å²) in [7, 11) is 1.69. The zero-order valence-electron chi connectivity index (χ0n) is 31.5. The average Bonchev–Trinajstić information content (AvgIpc) is 3.50. The van der Waals surface area contributed by atoms with Crippen molar-refractivity contribution in [2.45, 2.75) is 110 Å². The molecule has 6 aliphatic rings. The van der Waals surface area contributed by atoms with Gasteiger partial charge in [-0.1, -0.05) is 26.8 Å². The molecule has 0 atom stereocenters. The van der Waals surface area contributed by atoms with E-state index in [4.69, 9.17) is 29.4 Å². The second-order valence-corrected chi connectivity index (χ2v) is 14.2. The highest BCUT2D eigenvalue weighted by Crippen LogP contribution is 2.41. The second kappa shape index (κ2) is 16.6. The molecular formula is C40H51N11O2. The third kappa shape index (κ3) is 8.50. The second-order valence-electron chi connectivity index (χ2n) is 14.2. The van der Waals surface area contributed by atoms with E-state index in [-0.39, 0.29) is 12.0 Å². The summed E-state index contributed by atoms with van der Waals surface area (Å²) < 4.78 is 15.9. The summed E-state index contributed by atoms with van der Waals surface area (Å²) in [6, 6.07) is 10.1. The van der Waals surface area contributed by atoms with Gasteiger partial charge < -0.3 is 29.2 Å². The maximum Gasteiger partial charge on any atom is 0.166 e. The quantitative estimate of drug-likeness (QED) is 0.114. The Morgan fingerprint density at radius 2 is 1.51 bits per heavy atom. The van der Waals surface area contributed by atoms with Gasteiger partial charge in [0.25, 0.3) is 0 Å². The monoisotopic (exact) mass is 717 g/mol. The van der Waals surface area contributed by atoms with Gasteiger partial charge in [0.2, 0.25) is 0 Å². The van der Waals surface area contributed by atoms with Crippen LogP contribution in [0.15, 0.2) is 55.4 Å². The van der Waals surface area contributed by atoms with Gasteiger partial charge in [0.15, 0.2) is 46.2 Å². The van der Waals surface area contributed by atoms with Gasteiger partial charge in [0.1, 0.15) is 11.6 Å². The molecule has 0 unspecified atom stereocenters. The number of hydrogen-bond donors (Lipinski definition) is 2. The first kappa shape index (κ1) is 36.0. The number of fused-ring (bicyclic) bond motifs is 2. The fraction of sp³-hybridized carbons (Fsp3) is 0.475. The lowest BCUT2D eigenvalue weighted by molar-refractivity contribution is 0.200. The molecule has 8 rings (SSSR count). The summed E-state index contributed by atoms with van der Waals surface area (Å²) >= 11 is 0. The predicted octanol–water partition coefficient (Wildman–Crippen LogP) is 7.78. The third-order valence-corrected chi connectivity index (χ3v) is 9.62. The van der Waals surface area contributed by atoms with Gasteiger partial charge in [-0.25, -0.2) is 29.9 Å². The number of nitrogens with one attached hydrogen (secondary N) is 2. The topological polar surface area (TPSA) is 143 Å². The summed E-state index contributed by atoms with van der Waals surface area (Å²) in [4.78, 5) is 32.3. The van der Waals surface area contributed by atoms with Gasteiger partial charge in [0, 0.05) is 43.9 Å². The third-order valence-electron chi connectivity index (χ3n) is 9.62. The predicted molar refractivity (Wildman–Crippen MR) is 206 cm³/mol. The van der Waals surface area contributed by atoms with Crippen molar-refractivity contribution in [2.75, 3.05) is 24.3 Å². The molecule has 0 radical (unpaired) electrons. The first-order valence-electron chi connectivity index (χ1n) is 19.1. The van der Waals surface area contributed by atoms with Crippen LogP contribution in [0.25, 0.3) is 23.0 Å². The number of ether oxygens (including phenoxy) is 2. The molecule has 13 heteroatoms. The molecular weight excluding hydrogens is 667 g/mol. The molecule has 53 heavy (non-hydrogen) atoms. The standard InChI is InChI=1S/C23H31N5O2.C17H20N6/c1-5-24-22-20-23(27-21(26-20)15(2)3)28(14-25-22)13-16-10-11-18(29-4)19(12-16)30-17-8-6-7-9-17;1-2-9-23-11-20-16(19-10-12-5-7-18-8-6-12)14-17(23)22-15(21-14)13-3-4-13/h10-12,14-15,17,24H,5-9,13H2,1-4H3;5-8,11,13,19H,2-4,9-10H2,1H3. The van der Waals surface area contributed by atoms with E-state index in [1.807, 2.05) is 30.9 Å². The van der Waals surface area contributed by atoms with Crippen LogP contribution in [-0.2, 0) is 19.6 Å². The van der Waals surface area contributed by atoms with Crippen LogP contribution in [0.2, 0.25) is 0 Å². The smallest absolute Gasteiger partial charge is 0.166 e. The van der Waals surface area contributed by atoms with Crippen LogP contribution in [0.4, 0.5) is 11.6 Å². The molecule has 2 fully saturated rings. The summed E-state index contributed by atoms with van der Waals surface area (Å²) in [5.41, 5.74) is 3.99. The minimum absolute atomic E-state index is 0.257. The van der Waals surface area contributed by atoms with Crippen LogP contribution in [-0.4, -0.2) is 63.8 Å². The molecule has 278 valence electrons. The molecule has 2 aliphatic carbocycles. The van der Waals surface area contributed by atoms with E-state index < -0.39 is 0 Å². The van der Waals surface area contributed by atoms with E-state index in [0.29, 0.717) is 19.0 Å². The van der Waals surface area contributed by atoms with Gasteiger partial charge in [0.05, 0.1) is 32.4 Å². The number of aryl methyl sites for hydroxylation is 1. The number of rotatable bonds is 14. The average molecular weight is 718 g/mol. The molecule has 1 aromatic heterocycles. The molecule has 2 N–H and O–H groups in total. The molecule has 4 aliphatic heterocycles. The Morgan fingerprint density at radius 3 is 2.21 bits per heavy atom.